The Kier molecular flexibility index (Phi) is 7.04. The number of amides is 3. The lowest BCUT2D eigenvalue weighted by Crippen LogP contribution is -2.30. The molecule has 0 unspecified atom stereocenters. The highest BCUT2D eigenvalue weighted by Crippen LogP contribution is 2.26. The van der Waals surface area contributed by atoms with Crippen LogP contribution in [0.15, 0.2) is 59.2 Å². The fraction of sp³-hybridized carbons (Fsp3) is 0.100. The first-order valence-electron chi connectivity index (χ1n) is 8.55. The van der Waals surface area contributed by atoms with E-state index in [4.69, 9.17) is 39.2 Å². The molecule has 150 valence electrons. The normalized spacial score (nSPS) is 10.4. The van der Waals surface area contributed by atoms with Crippen LogP contribution in [0.5, 0.6) is 0 Å². The molecule has 0 aliphatic heterocycles. The van der Waals surface area contributed by atoms with Gasteiger partial charge in [0.05, 0.1) is 17.0 Å². The number of carbonyl (C=O) groups excluding carboxylic acids is 2. The van der Waals surface area contributed by atoms with Crippen LogP contribution in [0.2, 0.25) is 15.1 Å². The minimum atomic E-state index is -0.420. The van der Waals surface area contributed by atoms with Gasteiger partial charge in [-0.25, -0.2) is 4.79 Å². The fourth-order valence-corrected chi connectivity index (χ4v) is 3.23. The monoisotopic (exact) mass is 451 g/mol. The molecule has 6 nitrogen and oxygen atoms in total. The van der Waals surface area contributed by atoms with Gasteiger partial charge >= 0.3 is 6.03 Å². The SMILES string of the molecule is O=C(NCCc1ccc(Cl)cc1Cl)Nc1ccc(NC(=O)c2ccco2)c(Cl)c1. The standard InChI is InChI=1S/C20H16Cl3N3O3/c21-13-4-3-12(15(22)10-13)7-8-24-20(28)25-14-5-6-17(16(23)11-14)26-19(27)18-2-1-9-29-18/h1-6,9-11H,7-8H2,(H,26,27)(H2,24,25,28). The second-order valence-electron chi connectivity index (χ2n) is 5.99. The van der Waals surface area contributed by atoms with Crippen LogP contribution in [0.4, 0.5) is 16.2 Å². The van der Waals surface area contributed by atoms with E-state index in [-0.39, 0.29) is 10.8 Å². The van der Waals surface area contributed by atoms with Crippen molar-refractivity contribution in [3.05, 3.63) is 81.2 Å². The lowest BCUT2D eigenvalue weighted by molar-refractivity contribution is 0.0996. The number of rotatable bonds is 6. The molecule has 0 spiro atoms. The summed E-state index contributed by atoms with van der Waals surface area (Å²) >= 11 is 18.2. The molecule has 3 amide bonds. The average Bonchev–Trinajstić information content (AvgIpc) is 3.20. The Morgan fingerprint density at radius 3 is 2.45 bits per heavy atom. The molecule has 0 saturated heterocycles. The molecule has 1 heterocycles. The van der Waals surface area contributed by atoms with Crippen LogP contribution < -0.4 is 16.0 Å². The molecular formula is C20H16Cl3N3O3. The molecule has 0 saturated carbocycles. The lowest BCUT2D eigenvalue weighted by atomic mass is 10.1. The highest BCUT2D eigenvalue weighted by atomic mass is 35.5. The van der Waals surface area contributed by atoms with Gasteiger partial charge in [0.15, 0.2) is 5.76 Å². The third-order valence-corrected chi connectivity index (χ3v) is 4.81. The predicted octanol–water partition coefficient (Wildman–Crippen LogP) is 5.86. The van der Waals surface area contributed by atoms with E-state index < -0.39 is 11.9 Å². The summed E-state index contributed by atoms with van der Waals surface area (Å²) in [6, 6.07) is 12.7. The van der Waals surface area contributed by atoms with Gasteiger partial charge in [-0.3, -0.25) is 4.79 Å². The molecule has 0 atom stereocenters. The van der Waals surface area contributed by atoms with E-state index in [1.54, 1.807) is 36.4 Å². The van der Waals surface area contributed by atoms with Gasteiger partial charge < -0.3 is 20.4 Å². The topological polar surface area (TPSA) is 83.4 Å². The second kappa shape index (κ2) is 9.69. The van der Waals surface area contributed by atoms with E-state index in [9.17, 15) is 9.59 Å². The van der Waals surface area contributed by atoms with Crippen LogP contribution in [-0.4, -0.2) is 18.5 Å². The van der Waals surface area contributed by atoms with E-state index in [1.165, 1.54) is 12.3 Å². The lowest BCUT2D eigenvalue weighted by Gasteiger charge is -2.11. The number of halogens is 3. The number of hydrogen-bond donors (Lipinski definition) is 3. The molecule has 0 aliphatic carbocycles. The number of furan rings is 1. The first-order chi connectivity index (χ1) is 13.9. The smallest absolute Gasteiger partial charge is 0.319 e. The third kappa shape index (κ3) is 5.90. The molecule has 3 rings (SSSR count). The van der Waals surface area contributed by atoms with Crippen molar-refractivity contribution in [2.45, 2.75) is 6.42 Å². The van der Waals surface area contributed by atoms with E-state index >= 15 is 0 Å². The van der Waals surface area contributed by atoms with Crippen molar-refractivity contribution in [2.75, 3.05) is 17.2 Å². The maximum atomic E-state index is 12.1. The molecule has 0 bridgehead atoms. The summed E-state index contributed by atoms with van der Waals surface area (Å²) in [5.74, 6) is -0.250. The zero-order chi connectivity index (χ0) is 20.8. The zero-order valence-corrected chi connectivity index (χ0v) is 17.2. The first-order valence-corrected chi connectivity index (χ1v) is 9.69. The Hall–Kier alpha value is -2.67. The first kappa shape index (κ1) is 21.0. The van der Waals surface area contributed by atoms with Gasteiger partial charge in [0.25, 0.3) is 5.91 Å². The minimum absolute atomic E-state index is 0.170. The van der Waals surface area contributed by atoms with Gasteiger partial charge in [0, 0.05) is 22.3 Å². The van der Waals surface area contributed by atoms with Gasteiger partial charge in [-0.2, -0.15) is 0 Å². The third-order valence-electron chi connectivity index (χ3n) is 3.92. The molecule has 0 radical (unpaired) electrons. The molecule has 0 aliphatic rings. The van der Waals surface area contributed by atoms with Crippen molar-refractivity contribution >= 4 is 58.1 Å². The number of urea groups is 1. The van der Waals surface area contributed by atoms with Crippen molar-refractivity contribution in [2.24, 2.45) is 0 Å². The Morgan fingerprint density at radius 1 is 0.931 bits per heavy atom. The molecule has 9 heteroatoms. The molecule has 3 aromatic rings. The van der Waals surface area contributed by atoms with Gasteiger partial charge in [-0.05, 0) is 54.4 Å². The molecule has 2 aromatic carbocycles. The van der Waals surface area contributed by atoms with Gasteiger partial charge in [-0.15, -0.1) is 0 Å². The number of benzene rings is 2. The van der Waals surface area contributed by atoms with Crippen LogP contribution in [0, 0.1) is 0 Å². The summed E-state index contributed by atoms with van der Waals surface area (Å²) < 4.78 is 5.03. The van der Waals surface area contributed by atoms with Crippen LogP contribution in [0.1, 0.15) is 16.1 Å². The average molecular weight is 453 g/mol. The summed E-state index contributed by atoms with van der Waals surface area (Å²) in [6.45, 7) is 0.387. The largest absolute Gasteiger partial charge is 0.459 e. The molecule has 3 N–H and O–H groups in total. The highest BCUT2D eigenvalue weighted by molar-refractivity contribution is 6.35. The van der Waals surface area contributed by atoms with E-state index in [0.29, 0.717) is 34.4 Å². The second-order valence-corrected chi connectivity index (χ2v) is 7.24. The van der Waals surface area contributed by atoms with E-state index in [0.717, 1.165) is 5.56 Å². The Morgan fingerprint density at radius 2 is 1.76 bits per heavy atom. The highest BCUT2D eigenvalue weighted by Gasteiger charge is 2.12. The maximum absolute atomic E-state index is 12.1. The fourth-order valence-electron chi connectivity index (χ4n) is 2.50. The number of carbonyl (C=O) groups is 2. The Labute approximate surface area is 182 Å². The predicted molar refractivity (Wildman–Crippen MR) is 115 cm³/mol. The number of anilines is 2. The van der Waals surface area contributed by atoms with Crippen LogP contribution in [-0.2, 0) is 6.42 Å². The Balaban J connectivity index is 1.51. The van der Waals surface area contributed by atoms with Crippen molar-refractivity contribution in [1.82, 2.24) is 5.32 Å². The van der Waals surface area contributed by atoms with Crippen molar-refractivity contribution in [3.8, 4) is 0 Å². The summed E-state index contributed by atoms with van der Waals surface area (Å²) in [5.41, 5.74) is 1.76. The molecule has 0 fully saturated rings. The molecule has 29 heavy (non-hydrogen) atoms. The minimum Gasteiger partial charge on any atom is -0.459 e. The van der Waals surface area contributed by atoms with Crippen molar-refractivity contribution in [1.29, 1.82) is 0 Å². The van der Waals surface area contributed by atoms with Gasteiger partial charge in [0.2, 0.25) is 0 Å². The van der Waals surface area contributed by atoms with E-state index in [1.807, 2.05) is 6.07 Å². The number of nitrogens with one attached hydrogen (secondary N) is 3. The molecule has 1 aromatic heterocycles. The summed E-state index contributed by atoms with van der Waals surface area (Å²) in [4.78, 5) is 24.1. The summed E-state index contributed by atoms with van der Waals surface area (Å²) in [7, 11) is 0. The van der Waals surface area contributed by atoms with E-state index in [2.05, 4.69) is 16.0 Å². The maximum Gasteiger partial charge on any atom is 0.319 e. The molecular weight excluding hydrogens is 437 g/mol. The summed E-state index contributed by atoms with van der Waals surface area (Å²) in [6.07, 6.45) is 1.96. The van der Waals surface area contributed by atoms with Crippen molar-refractivity contribution < 1.29 is 14.0 Å². The van der Waals surface area contributed by atoms with Crippen molar-refractivity contribution in [3.63, 3.8) is 0 Å². The van der Waals surface area contributed by atoms with Crippen LogP contribution >= 0.6 is 34.8 Å². The Bertz CT molecular complexity index is 1020. The zero-order valence-electron chi connectivity index (χ0n) is 15.0. The number of hydrogen-bond acceptors (Lipinski definition) is 3. The van der Waals surface area contributed by atoms with Crippen LogP contribution in [0.3, 0.4) is 0 Å². The quantitative estimate of drug-likeness (QED) is 0.438. The van der Waals surface area contributed by atoms with Gasteiger partial charge in [-0.1, -0.05) is 40.9 Å². The summed E-state index contributed by atoms with van der Waals surface area (Å²) in [5, 5.41) is 9.45. The van der Waals surface area contributed by atoms with Crippen LogP contribution in [0.25, 0.3) is 0 Å². The van der Waals surface area contributed by atoms with Gasteiger partial charge in [0.1, 0.15) is 0 Å².